The van der Waals surface area contributed by atoms with Crippen LogP contribution in [0.4, 0.5) is 0 Å². The van der Waals surface area contributed by atoms with Crippen LogP contribution in [0.15, 0.2) is 39.2 Å². The van der Waals surface area contributed by atoms with Crippen molar-refractivity contribution in [1.29, 1.82) is 0 Å². The second-order valence-electron chi connectivity index (χ2n) is 3.27. The summed E-state index contributed by atoms with van der Waals surface area (Å²) in [5, 5.41) is 8.94. The largest absolute Gasteiger partial charge is 0.497 e. The van der Waals surface area contributed by atoms with Crippen molar-refractivity contribution in [2.24, 2.45) is 0 Å². The zero-order chi connectivity index (χ0) is 11.5. The third kappa shape index (κ3) is 2.13. The van der Waals surface area contributed by atoms with Crippen LogP contribution in [0.2, 0.25) is 0 Å². The lowest BCUT2D eigenvalue weighted by Gasteiger charge is -2.04. The molecule has 84 valence electrons. The normalized spacial score (nSPS) is 10.4. The van der Waals surface area contributed by atoms with Gasteiger partial charge in [-0.3, -0.25) is 0 Å². The molecule has 3 nitrogen and oxygen atoms in total. The van der Waals surface area contributed by atoms with E-state index in [0.29, 0.717) is 11.5 Å². The number of methoxy groups -OCH3 is 1. The topological polar surface area (TPSA) is 42.6 Å². The number of halogens is 1. The Balaban J connectivity index is 2.45. The molecule has 0 amide bonds. The van der Waals surface area contributed by atoms with Gasteiger partial charge in [0.2, 0.25) is 0 Å². The maximum Gasteiger partial charge on any atom is 0.135 e. The molecular formula is C12H11BrO3. The molecule has 0 fully saturated rings. The maximum absolute atomic E-state index is 8.94. The van der Waals surface area contributed by atoms with Crippen molar-refractivity contribution in [3.63, 3.8) is 0 Å². The highest BCUT2D eigenvalue weighted by atomic mass is 79.9. The van der Waals surface area contributed by atoms with Crippen LogP contribution in [0.25, 0.3) is 11.3 Å². The number of rotatable bonds is 3. The van der Waals surface area contributed by atoms with Crippen LogP contribution < -0.4 is 4.74 Å². The Hall–Kier alpha value is -1.26. The molecule has 1 aromatic heterocycles. The number of ether oxygens (including phenoxy) is 1. The second kappa shape index (κ2) is 4.72. The van der Waals surface area contributed by atoms with Crippen molar-refractivity contribution in [3.8, 4) is 17.1 Å². The van der Waals surface area contributed by atoms with E-state index < -0.39 is 0 Å². The fraction of sp³-hybridized carbons (Fsp3) is 0.167. The molecule has 0 unspecified atom stereocenters. The highest BCUT2D eigenvalue weighted by Gasteiger charge is 2.09. The SMILES string of the molecule is COc1ccc(Br)c(-c2ccc(CO)o2)c1. The lowest BCUT2D eigenvalue weighted by molar-refractivity contribution is 0.248. The molecule has 1 N–H and O–H groups in total. The summed E-state index contributed by atoms with van der Waals surface area (Å²) in [5.41, 5.74) is 0.902. The van der Waals surface area contributed by atoms with E-state index in [4.69, 9.17) is 14.3 Å². The van der Waals surface area contributed by atoms with Crippen LogP contribution in [0.3, 0.4) is 0 Å². The van der Waals surface area contributed by atoms with Gasteiger partial charge in [0, 0.05) is 10.0 Å². The van der Waals surface area contributed by atoms with Gasteiger partial charge in [-0.2, -0.15) is 0 Å². The van der Waals surface area contributed by atoms with Crippen LogP contribution in [-0.4, -0.2) is 12.2 Å². The fourth-order valence-electron chi connectivity index (χ4n) is 1.43. The Morgan fingerprint density at radius 1 is 1.31 bits per heavy atom. The van der Waals surface area contributed by atoms with Crippen LogP contribution in [0.5, 0.6) is 5.75 Å². The Kier molecular flexibility index (Phi) is 3.31. The molecule has 1 heterocycles. The standard InChI is InChI=1S/C12H11BrO3/c1-15-8-2-4-11(13)10(6-8)12-5-3-9(7-14)16-12/h2-6,14H,7H2,1H3. The van der Waals surface area contributed by atoms with E-state index in [1.807, 2.05) is 24.3 Å². The first-order chi connectivity index (χ1) is 7.74. The van der Waals surface area contributed by atoms with Crippen molar-refractivity contribution in [2.75, 3.05) is 7.11 Å². The number of furan rings is 1. The first-order valence-corrected chi connectivity index (χ1v) is 5.57. The maximum atomic E-state index is 8.94. The van der Waals surface area contributed by atoms with E-state index in [9.17, 15) is 0 Å². The summed E-state index contributed by atoms with van der Waals surface area (Å²) in [5.74, 6) is 2.01. The van der Waals surface area contributed by atoms with Gasteiger partial charge in [0.25, 0.3) is 0 Å². The van der Waals surface area contributed by atoms with E-state index in [-0.39, 0.29) is 6.61 Å². The molecule has 0 radical (unpaired) electrons. The Bertz CT molecular complexity index is 491. The molecule has 16 heavy (non-hydrogen) atoms. The molecule has 0 spiro atoms. The number of benzene rings is 1. The van der Waals surface area contributed by atoms with Crippen molar-refractivity contribution in [3.05, 3.63) is 40.6 Å². The molecule has 0 aliphatic heterocycles. The first-order valence-electron chi connectivity index (χ1n) is 4.78. The molecule has 0 bridgehead atoms. The van der Waals surface area contributed by atoms with Gasteiger partial charge in [0.05, 0.1) is 7.11 Å². The smallest absolute Gasteiger partial charge is 0.135 e. The van der Waals surface area contributed by atoms with E-state index in [1.54, 1.807) is 13.2 Å². The van der Waals surface area contributed by atoms with Gasteiger partial charge in [-0.1, -0.05) is 15.9 Å². The van der Waals surface area contributed by atoms with E-state index in [1.165, 1.54) is 0 Å². The minimum atomic E-state index is -0.0956. The van der Waals surface area contributed by atoms with Gasteiger partial charge in [-0.25, -0.2) is 0 Å². The Morgan fingerprint density at radius 3 is 2.75 bits per heavy atom. The number of aliphatic hydroxyl groups is 1. The molecule has 4 heteroatoms. The van der Waals surface area contributed by atoms with E-state index in [0.717, 1.165) is 15.8 Å². The predicted octanol–water partition coefficient (Wildman–Crippen LogP) is 3.21. The molecule has 1 aromatic carbocycles. The quantitative estimate of drug-likeness (QED) is 0.940. The minimum Gasteiger partial charge on any atom is -0.497 e. The second-order valence-corrected chi connectivity index (χ2v) is 4.12. The average molecular weight is 283 g/mol. The summed E-state index contributed by atoms with van der Waals surface area (Å²) >= 11 is 3.45. The monoisotopic (exact) mass is 282 g/mol. The average Bonchev–Trinajstić information content (AvgIpc) is 2.78. The van der Waals surface area contributed by atoms with Gasteiger partial charge in [-0.05, 0) is 30.3 Å². The molecule has 2 aromatic rings. The summed E-state index contributed by atoms with van der Waals surface area (Å²) in [7, 11) is 1.62. The number of hydrogen-bond acceptors (Lipinski definition) is 3. The zero-order valence-electron chi connectivity index (χ0n) is 8.74. The summed E-state index contributed by atoms with van der Waals surface area (Å²) in [6.45, 7) is -0.0956. The Morgan fingerprint density at radius 2 is 2.12 bits per heavy atom. The van der Waals surface area contributed by atoms with Gasteiger partial charge < -0.3 is 14.3 Å². The van der Waals surface area contributed by atoms with Gasteiger partial charge in [0.1, 0.15) is 23.9 Å². The first kappa shape index (κ1) is 11.2. The summed E-state index contributed by atoms with van der Waals surface area (Å²) in [6, 6.07) is 9.22. The highest BCUT2D eigenvalue weighted by Crippen LogP contribution is 2.32. The van der Waals surface area contributed by atoms with Crippen molar-refractivity contribution in [2.45, 2.75) is 6.61 Å². The van der Waals surface area contributed by atoms with Crippen LogP contribution in [0, 0.1) is 0 Å². The number of aliphatic hydroxyl groups excluding tert-OH is 1. The Labute approximate surface area is 102 Å². The van der Waals surface area contributed by atoms with E-state index in [2.05, 4.69) is 15.9 Å². The third-order valence-electron chi connectivity index (χ3n) is 2.26. The molecule has 0 aliphatic carbocycles. The van der Waals surface area contributed by atoms with Crippen LogP contribution in [0.1, 0.15) is 5.76 Å². The minimum absolute atomic E-state index is 0.0956. The van der Waals surface area contributed by atoms with Crippen molar-refractivity contribution >= 4 is 15.9 Å². The van der Waals surface area contributed by atoms with Crippen molar-refractivity contribution < 1.29 is 14.3 Å². The van der Waals surface area contributed by atoms with Gasteiger partial charge >= 0.3 is 0 Å². The lowest BCUT2D eigenvalue weighted by atomic mass is 10.1. The molecule has 0 saturated carbocycles. The van der Waals surface area contributed by atoms with Crippen LogP contribution in [-0.2, 0) is 6.61 Å². The molecule has 0 aliphatic rings. The van der Waals surface area contributed by atoms with Crippen LogP contribution >= 0.6 is 15.9 Å². The van der Waals surface area contributed by atoms with Gasteiger partial charge in [-0.15, -0.1) is 0 Å². The third-order valence-corrected chi connectivity index (χ3v) is 2.95. The number of hydrogen-bond donors (Lipinski definition) is 1. The zero-order valence-corrected chi connectivity index (χ0v) is 10.3. The van der Waals surface area contributed by atoms with E-state index >= 15 is 0 Å². The van der Waals surface area contributed by atoms with Gasteiger partial charge in [0.15, 0.2) is 0 Å². The molecular weight excluding hydrogens is 272 g/mol. The fourth-order valence-corrected chi connectivity index (χ4v) is 1.87. The summed E-state index contributed by atoms with van der Waals surface area (Å²) in [6.07, 6.45) is 0. The van der Waals surface area contributed by atoms with Crippen molar-refractivity contribution in [1.82, 2.24) is 0 Å². The summed E-state index contributed by atoms with van der Waals surface area (Å²) in [4.78, 5) is 0. The highest BCUT2D eigenvalue weighted by molar-refractivity contribution is 9.10. The summed E-state index contributed by atoms with van der Waals surface area (Å²) < 4.78 is 11.5. The molecule has 2 rings (SSSR count). The lowest BCUT2D eigenvalue weighted by Crippen LogP contribution is -1.84. The molecule has 0 atom stereocenters. The molecule has 0 saturated heterocycles. The predicted molar refractivity (Wildman–Crippen MR) is 64.3 cm³/mol.